The van der Waals surface area contributed by atoms with Gasteiger partial charge >= 0.3 is 0 Å². The number of allylic oxidation sites excluding steroid dienone is 2. The minimum absolute atomic E-state index is 0.0991. The lowest BCUT2D eigenvalue weighted by atomic mass is 9.75. The Morgan fingerprint density at radius 2 is 2.40 bits per heavy atom. The van der Waals surface area contributed by atoms with Gasteiger partial charge in [0, 0.05) is 4.48 Å². The summed E-state index contributed by atoms with van der Waals surface area (Å²) in [6.07, 6.45) is 9.30. The molecule has 0 amide bonds. The lowest BCUT2D eigenvalue weighted by molar-refractivity contribution is 0.0863. The first-order valence-corrected chi connectivity index (χ1v) is 5.90. The van der Waals surface area contributed by atoms with Crippen LogP contribution in [0.4, 0.5) is 0 Å². The van der Waals surface area contributed by atoms with Gasteiger partial charge in [-0.1, -0.05) is 48.4 Å². The minimum atomic E-state index is 0.0991. The van der Waals surface area contributed by atoms with Gasteiger partial charge in [-0.2, -0.15) is 0 Å². The summed E-state index contributed by atoms with van der Waals surface area (Å²) in [7, 11) is 0. The zero-order chi connectivity index (χ0) is 11.5. The van der Waals surface area contributed by atoms with Gasteiger partial charge in [-0.05, 0) is 23.8 Å². The van der Waals surface area contributed by atoms with Gasteiger partial charge in [0.2, 0.25) is 0 Å². The normalized spacial score (nSPS) is 24.8. The van der Waals surface area contributed by atoms with Crippen molar-refractivity contribution in [3.05, 3.63) is 22.7 Å². The largest absolute Gasteiger partial charge is 0.360 e. The molecule has 1 rings (SSSR count). The van der Waals surface area contributed by atoms with Crippen molar-refractivity contribution < 1.29 is 4.74 Å². The third-order valence-corrected chi connectivity index (χ3v) is 3.81. The summed E-state index contributed by atoms with van der Waals surface area (Å²) in [5.74, 6) is 2.50. The fourth-order valence-corrected chi connectivity index (χ4v) is 2.99. The number of rotatable bonds is 3. The van der Waals surface area contributed by atoms with Crippen molar-refractivity contribution in [3.63, 3.8) is 0 Å². The van der Waals surface area contributed by atoms with Gasteiger partial charge in [0.05, 0.1) is 6.10 Å². The molecular formula is C13H17BrO. The Labute approximate surface area is 101 Å². The minimum Gasteiger partial charge on any atom is -0.360 e. The first-order valence-electron chi connectivity index (χ1n) is 5.10. The molecule has 0 bridgehead atoms. The van der Waals surface area contributed by atoms with Crippen LogP contribution in [-0.2, 0) is 4.74 Å². The van der Waals surface area contributed by atoms with E-state index in [1.165, 1.54) is 5.57 Å². The number of hydrogen-bond acceptors (Lipinski definition) is 1. The van der Waals surface area contributed by atoms with Crippen LogP contribution in [0.3, 0.4) is 0 Å². The van der Waals surface area contributed by atoms with Gasteiger partial charge in [0.1, 0.15) is 6.61 Å². The summed E-state index contributed by atoms with van der Waals surface area (Å²) in [5, 5.41) is 0. The topological polar surface area (TPSA) is 9.23 Å². The van der Waals surface area contributed by atoms with E-state index in [0.29, 0.717) is 6.61 Å². The standard InChI is InChI=1S/C13H17BrO/c1-5-9-15-11-7-8-13(3,4)10(6-2)12(11)14/h1,6,11H,2,7-9H2,3-4H3. The third kappa shape index (κ3) is 2.74. The monoisotopic (exact) mass is 268 g/mol. The van der Waals surface area contributed by atoms with Crippen molar-refractivity contribution >= 4 is 15.9 Å². The van der Waals surface area contributed by atoms with E-state index in [-0.39, 0.29) is 11.5 Å². The summed E-state index contributed by atoms with van der Waals surface area (Å²) in [4.78, 5) is 0. The molecule has 0 aromatic carbocycles. The molecule has 0 heterocycles. The average Bonchev–Trinajstić information content (AvgIpc) is 2.17. The Kier molecular flexibility index (Phi) is 4.19. The second-order valence-corrected chi connectivity index (χ2v) is 5.25. The Balaban J connectivity index is 2.90. The van der Waals surface area contributed by atoms with Crippen molar-refractivity contribution in [2.45, 2.75) is 32.8 Å². The predicted molar refractivity (Wildman–Crippen MR) is 67.7 cm³/mol. The summed E-state index contributed by atoms with van der Waals surface area (Å²) < 4.78 is 6.68. The van der Waals surface area contributed by atoms with E-state index in [2.05, 4.69) is 42.3 Å². The summed E-state index contributed by atoms with van der Waals surface area (Å²) in [5.41, 5.74) is 1.41. The van der Waals surface area contributed by atoms with Gasteiger partial charge in [-0.15, -0.1) is 6.42 Å². The average molecular weight is 269 g/mol. The summed E-state index contributed by atoms with van der Waals surface area (Å²) in [6.45, 7) is 8.68. The van der Waals surface area contributed by atoms with Crippen molar-refractivity contribution in [2.24, 2.45) is 5.41 Å². The van der Waals surface area contributed by atoms with Crippen molar-refractivity contribution in [2.75, 3.05) is 6.61 Å². The maximum atomic E-state index is 5.58. The summed E-state index contributed by atoms with van der Waals surface area (Å²) in [6, 6.07) is 0. The van der Waals surface area contributed by atoms with Crippen molar-refractivity contribution in [1.82, 2.24) is 0 Å². The highest BCUT2D eigenvalue weighted by Gasteiger charge is 2.32. The van der Waals surface area contributed by atoms with Crippen LogP contribution in [0, 0.1) is 17.8 Å². The van der Waals surface area contributed by atoms with E-state index < -0.39 is 0 Å². The van der Waals surface area contributed by atoms with Gasteiger partial charge in [0.15, 0.2) is 0 Å². The molecule has 1 atom stereocenters. The van der Waals surface area contributed by atoms with Gasteiger partial charge in [0.25, 0.3) is 0 Å². The Hall–Kier alpha value is -0.520. The van der Waals surface area contributed by atoms with Crippen LogP contribution in [0.5, 0.6) is 0 Å². The number of halogens is 1. The molecule has 15 heavy (non-hydrogen) atoms. The molecule has 0 radical (unpaired) electrons. The number of hydrogen-bond donors (Lipinski definition) is 0. The van der Waals surface area contributed by atoms with Gasteiger partial charge < -0.3 is 4.74 Å². The molecule has 1 aliphatic carbocycles. The molecule has 0 aliphatic heterocycles. The fourth-order valence-electron chi connectivity index (χ4n) is 1.93. The Morgan fingerprint density at radius 3 is 2.93 bits per heavy atom. The molecule has 1 nitrogen and oxygen atoms in total. The lowest BCUT2D eigenvalue weighted by Crippen LogP contribution is -2.28. The molecule has 2 heteroatoms. The SMILES string of the molecule is C#CCOC1CCC(C)(C)C(C=C)=C1Br. The van der Waals surface area contributed by atoms with Gasteiger partial charge in [-0.3, -0.25) is 0 Å². The maximum absolute atomic E-state index is 5.58. The van der Waals surface area contributed by atoms with E-state index in [4.69, 9.17) is 11.2 Å². The van der Waals surface area contributed by atoms with Crippen LogP contribution in [0.1, 0.15) is 26.7 Å². The quantitative estimate of drug-likeness (QED) is 0.710. The Morgan fingerprint density at radius 1 is 1.73 bits per heavy atom. The molecule has 0 saturated carbocycles. The first kappa shape index (κ1) is 12.5. The molecule has 0 saturated heterocycles. The number of ether oxygens (including phenoxy) is 1. The molecule has 0 aromatic heterocycles. The lowest BCUT2D eigenvalue weighted by Gasteiger charge is -2.35. The maximum Gasteiger partial charge on any atom is 0.108 e. The molecule has 0 spiro atoms. The Bertz CT molecular complexity index is 320. The smallest absolute Gasteiger partial charge is 0.108 e. The van der Waals surface area contributed by atoms with E-state index in [1.54, 1.807) is 0 Å². The van der Waals surface area contributed by atoms with Crippen molar-refractivity contribution in [3.8, 4) is 12.3 Å². The highest BCUT2D eigenvalue weighted by Crippen LogP contribution is 2.43. The zero-order valence-electron chi connectivity index (χ0n) is 9.35. The molecule has 0 fully saturated rings. The molecule has 82 valence electrons. The van der Waals surface area contributed by atoms with Crippen LogP contribution in [0.25, 0.3) is 0 Å². The van der Waals surface area contributed by atoms with E-state index >= 15 is 0 Å². The fraction of sp³-hybridized carbons (Fsp3) is 0.538. The second-order valence-electron chi connectivity index (χ2n) is 4.39. The van der Waals surface area contributed by atoms with Crippen molar-refractivity contribution in [1.29, 1.82) is 0 Å². The molecular weight excluding hydrogens is 252 g/mol. The zero-order valence-corrected chi connectivity index (χ0v) is 10.9. The number of terminal acetylenes is 1. The summed E-state index contributed by atoms with van der Waals surface area (Å²) >= 11 is 3.60. The first-order chi connectivity index (χ1) is 7.03. The van der Waals surface area contributed by atoms with Crippen LogP contribution in [-0.4, -0.2) is 12.7 Å². The van der Waals surface area contributed by atoms with Crippen LogP contribution >= 0.6 is 15.9 Å². The van der Waals surface area contributed by atoms with E-state index in [9.17, 15) is 0 Å². The molecule has 0 N–H and O–H groups in total. The van der Waals surface area contributed by atoms with E-state index in [1.807, 2.05) is 6.08 Å². The highest BCUT2D eigenvalue weighted by molar-refractivity contribution is 9.11. The predicted octanol–water partition coefficient (Wildman–Crippen LogP) is 3.66. The molecule has 0 aromatic rings. The van der Waals surface area contributed by atoms with Crippen LogP contribution in [0.15, 0.2) is 22.7 Å². The molecule has 1 aliphatic rings. The highest BCUT2D eigenvalue weighted by atomic mass is 79.9. The third-order valence-electron chi connectivity index (χ3n) is 2.87. The molecule has 1 unspecified atom stereocenters. The second kappa shape index (κ2) is 5.01. The van der Waals surface area contributed by atoms with Gasteiger partial charge in [-0.25, -0.2) is 0 Å². The van der Waals surface area contributed by atoms with Crippen LogP contribution in [0.2, 0.25) is 0 Å². The van der Waals surface area contributed by atoms with E-state index in [0.717, 1.165) is 17.3 Å². The van der Waals surface area contributed by atoms with Crippen LogP contribution < -0.4 is 0 Å².